The average molecular weight is 1230 g/mol. The van der Waals surface area contributed by atoms with Crippen LogP contribution in [0.25, 0.3) is 0 Å². The molecule has 0 aromatic carbocycles. The third-order valence-electron chi connectivity index (χ3n) is 13.0. The van der Waals surface area contributed by atoms with Crippen molar-refractivity contribution >= 4 is 19.8 Å². The zero-order valence-corrected chi connectivity index (χ0v) is 56.5. The normalized spacial score (nSPS) is 14.6. The van der Waals surface area contributed by atoms with Crippen molar-refractivity contribution < 1.29 is 42.1 Å². The van der Waals surface area contributed by atoms with E-state index < -0.39 is 32.5 Å². The van der Waals surface area contributed by atoms with Gasteiger partial charge in [0, 0.05) is 12.8 Å². The van der Waals surface area contributed by atoms with Crippen molar-refractivity contribution in [1.29, 1.82) is 0 Å². The summed E-state index contributed by atoms with van der Waals surface area (Å²) in [6.07, 6.45) is 106. The number of nitrogens with zero attached hydrogens (tertiary/aromatic N) is 1. The molecule has 0 fully saturated rings. The number of unbranched alkanes of at least 4 members (excludes halogenated alkanes) is 8. The van der Waals surface area contributed by atoms with Crippen molar-refractivity contribution in [2.75, 3.05) is 47.5 Å². The third kappa shape index (κ3) is 69.4. The van der Waals surface area contributed by atoms with Gasteiger partial charge in [0.2, 0.25) is 0 Å². The van der Waals surface area contributed by atoms with Gasteiger partial charge < -0.3 is 18.9 Å². The second-order valence-corrected chi connectivity index (χ2v) is 23.8. The van der Waals surface area contributed by atoms with Crippen molar-refractivity contribution in [1.82, 2.24) is 0 Å². The summed E-state index contributed by atoms with van der Waals surface area (Å²) in [7, 11) is 1.40. The maximum Gasteiger partial charge on any atom is 0.472 e. The highest BCUT2D eigenvalue weighted by atomic mass is 31.2. The van der Waals surface area contributed by atoms with Crippen molar-refractivity contribution in [3.63, 3.8) is 0 Å². The van der Waals surface area contributed by atoms with E-state index in [1.165, 1.54) is 12.8 Å². The predicted octanol–water partition coefficient (Wildman–Crippen LogP) is 22.0. The Morgan fingerprint density at radius 3 is 0.943 bits per heavy atom. The van der Waals surface area contributed by atoms with Gasteiger partial charge in [-0.15, -0.1) is 0 Å². The van der Waals surface area contributed by atoms with Gasteiger partial charge in [0.15, 0.2) is 6.10 Å². The lowest BCUT2D eigenvalue weighted by Gasteiger charge is -2.24. The number of phosphoric acid groups is 1. The fraction of sp³-hybridized carbons (Fsp3) is 0.513. The highest BCUT2D eigenvalue weighted by molar-refractivity contribution is 7.47. The summed E-state index contributed by atoms with van der Waals surface area (Å²) < 4.78 is 34.5. The largest absolute Gasteiger partial charge is 0.472 e. The van der Waals surface area contributed by atoms with Crippen LogP contribution in [0.15, 0.2) is 219 Å². The van der Waals surface area contributed by atoms with Crippen LogP contribution in [0.3, 0.4) is 0 Å². The van der Waals surface area contributed by atoms with E-state index in [1.807, 2.05) is 21.1 Å². The number of ether oxygens (including phenoxy) is 2. The Balaban J connectivity index is 4.24. The number of phosphoric ester groups is 1. The molecule has 10 heteroatoms. The predicted molar refractivity (Wildman–Crippen MR) is 380 cm³/mol. The SMILES string of the molecule is CC/C=C\C/C=C\C/C=C\C/C=C\C/C=C\C/C=C\C/C=C\C/C=C\C/C=C\C/C=C\C/C=C\CCCCCCCCCC(=O)OC(COC(=O)CCC/C=C\C/C=C\C/C=C\C/C=C\C/C=C\C/C=C\C/C=C\CC)COP(=O)(O)OCC[N+](C)(C)C. The van der Waals surface area contributed by atoms with Gasteiger partial charge in [0.25, 0.3) is 0 Å². The lowest BCUT2D eigenvalue weighted by molar-refractivity contribution is -0.870. The monoisotopic (exact) mass is 1230 g/mol. The minimum absolute atomic E-state index is 0.00729. The topological polar surface area (TPSA) is 108 Å². The van der Waals surface area contributed by atoms with Crippen LogP contribution in [-0.4, -0.2) is 74.9 Å². The number of carbonyl (C=O) groups excluding carboxylic acids is 2. The first kappa shape index (κ1) is 82.3. The van der Waals surface area contributed by atoms with E-state index in [9.17, 15) is 19.0 Å². The van der Waals surface area contributed by atoms with Crippen LogP contribution in [0.2, 0.25) is 0 Å². The first-order chi connectivity index (χ1) is 43.0. The summed E-state index contributed by atoms with van der Waals surface area (Å²) in [4.78, 5) is 35.8. The molecule has 0 aliphatic heterocycles. The molecule has 0 aromatic heterocycles. The van der Waals surface area contributed by atoms with E-state index in [4.69, 9.17) is 18.5 Å². The van der Waals surface area contributed by atoms with Crippen LogP contribution in [0.1, 0.15) is 206 Å². The van der Waals surface area contributed by atoms with Gasteiger partial charge in [-0.05, 0) is 148 Å². The van der Waals surface area contributed by atoms with Gasteiger partial charge in [-0.1, -0.05) is 265 Å². The van der Waals surface area contributed by atoms with Gasteiger partial charge in [-0.3, -0.25) is 18.6 Å². The molecule has 490 valence electrons. The van der Waals surface area contributed by atoms with Crippen LogP contribution in [-0.2, 0) is 32.7 Å². The van der Waals surface area contributed by atoms with Gasteiger partial charge in [0.05, 0.1) is 27.7 Å². The van der Waals surface area contributed by atoms with Crippen LogP contribution in [0.4, 0.5) is 0 Å². The minimum Gasteiger partial charge on any atom is -0.462 e. The molecule has 9 nitrogen and oxygen atoms in total. The molecule has 0 saturated carbocycles. The highest BCUT2D eigenvalue weighted by Gasteiger charge is 2.27. The van der Waals surface area contributed by atoms with Gasteiger partial charge in [-0.2, -0.15) is 0 Å². The Bertz CT molecular complexity index is 2280. The number of allylic oxidation sites excluding steroid dienone is 36. The Kier molecular flexibility index (Phi) is 61.5. The molecule has 0 aromatic rings. The summed E-state index contributed by atoms with van der Waals surface area (Å²) >= 11 is 0. The van der Waals surface area contributed by atoms with Crippen molar-refractivity contribution in [3.05, 3.63) is 219 Å². The fourth-order valence-electron chi connectivity index (χ4n) is 7.95. The summed E-state index contributed by atoms with van der Waals surface area (Å²) in [5.74, 6) is -0.900. The molecule has 0 aliphatic carbocycles. The van der Waals surface area contributed by atoms with Gasteiger partial charge in [0.1, 0.15) is 19.8 Å². The molecular formula is C78H121NO8P+. The summed E-state index contributed by atoms with van der Waals surface area (Å²) in [5, 5.41) is 0. The van der Waals surface area contributed by atoms with Crippen molar-refractivity contribution in [2.45, 2.75) is 213 Å². The molecule has 0 spiro atoms. The molecule has 2 atom stereocenters. The molecule has 88 heavy (non-hydrogen) atoms. The number of hydrogen-bond acceptors (Lipinski definition) is 7. The first-order valence-electron chi connectivity index (χ1n) is 33.5. The standard InChI is InChI=1S/C78H120NO8P/c1-6-8-10-12-14-16-18-20-22-24-26-28-30-31-32-33-34-35-36-37-38-39-40-41-42-43-44-45-46-47-49-51-53-55-57-59-61-63-65-67-69-71-78(81)87-76(75-86-88(82,83)85-73-72-79(3,4)5)74-84-77(80)70-68-66-64-62-60-58-56-54-52-50-48-29-27-25-23-21-19-17-15-13-11-9-7-2/h8-11,14-17,20-23,26-29,31-32,34-35,37-38,40-41,43-44,46-47,50-53,56,58,62,64,76H,6-7,12-13,18-19,24-25,30,33,36,39,42,45,48-49,54-55,57,59-61,63,65-75H2,1-5H3/p+1/b10-8-,11-9-,16-14-,17-15-,22-20-,23-21-,28-26-,29-27-,32-31-,35-34-,38-37-,41-40-,44-43-,47-46-,52-50-,53-51-,58-56-,64-62-. The summed E-state index contributed by atoms with van der Waals surface area (Å²) in [6, 6.07) is 0. The second kappa shape index (κ2) is 65.8. The van der Waals surface area contributed by atoms with Crippen LogP contribution in [0.5, 0.6) is 0 Å². The maximum absolute atomic E-state index is 12.9. The number of likely N-dealkylation sites (N-methyl/N-ethyl adjacent to an activating group) is 1. The number of hydrogen-bond donors (Lipinski definition) is 1. The molecule has 0 bridgehead atoms. The number of esters is 2. The molecule has 0 aliphatic rings. The van der Waals surface area contributed by atoms with Gasteiger partial charge in [-0.25, -0.2) is 4.57 Å². The molecule has 0 heterocycles. The first-order valence-corrected chi connectivity index (χ1v) is 35.0. The maximum atomic E-state index is 12.9. The summed E-state index contributed by atoms with van der Waals surface area (Å²) in [6.45, 7) is 4.09. The molecular weight excluding hydrogens is 1110 g/mol. The van der Waals surface area contributed by atoms with Crippen LogP contribution < -0.4 is 0 Å². The summed E-state index contributed by atoms with van der Waals surface area (Å²) in [5.41, 5.74) is 0. The zero-order valence-electron chi connectivity index (χ0n) is 55.6. The Morgan fingerprint density at radius 2 is 0.625 bits per heavy atom. The Morgan fingerprint density at radius 1 is 0.352 bits per heavy atom. The lowest BCUT2D eigenvalue weighted by Crippen LogP contribution is -2.37. The molecule has 0 saturated heterocycles. The van der Waals surface area contributed by atoms with E-state index in [2.05, 4.69) is 233 Å². The number of rotatable bonds is 58. The van der Waals surface area contributed by atoms with Gasteiger partial charge >= 0.3 is 19.8 Å². The second-order valence-electron chi connectivity index (χ2n) is 22.4. The quantitative estimate of drug-likeness (QED) is 0.0211. The van der Waals surface area contributed by atoms with Crippen molar-refractivity contribution in [2.24, 2.45) is 0 Å². The number of carbonyl (C=O) groups is 2. The highest BCUT2D eigenvalue weighted by Crippen LogP contribution is 2.43. The lowest BCUT2D eigenvalue weighted by atomic mass is 10.1. The van der Waals surface area contributed by atoms with E-state index in [0.29, 0.717) is 23.9 Å². The minimum atomic E-state index is -4.42. The van der Waals surface area contributed by atoms with Crippen molar-refractivity contribution in [3.8, 4) is 0 Å². The van der Waals surface area contributed by atoms with Crippen LogP contribution in [0, 0.1) is 0 Å². The number of quaternary nitrogens is 1. The third-order valence-corrected chi connectivity index (χ3v) is 14.0. The average Bonchev–Trinajstić information content (AvgIpc) is 3.58. The smallest absolute Gasteiger partial charge is 0.462 e. The van der Waals surface area contributed by atoms with E-state index in [1.54, 1.807) is 0 Å². The fourth-order valence-corrected chi connectivity index (χ4v) is 8.69. The molecule has 1 N–H and O–H groups in total. The van der Waals surface area contributed by atoms with E-state index in [-0.39, 0.29) is 26.1 Å². The van der Waals surface area contributed by atoms with Crippen LogP contribution >= 0.6 is 7.82 Å². The molecule has 0 amide bonds. The molecule has 2 unspecified atom stereocenters. The Hall–Kier alpha value is -5.67. The molecule has 0 rings (SSSR count). The Labute approximate surface area is 538 Å². The van der Waals surface area contributed by atoms with E-state index >= 15 is 0 Å². The zero-order chi connectivity index (χ0) is 64.1. The molecule has 0 radical (unpaired) electrons. The van der Waals surface area contributed by atoms with E-state index in [0.717, 1.165) is 154 Å².